The van der Waals surface area contributed by atoms with Crippen LogP contribution in [-0.4, -0.2) is 29.8 Å². The number of benzene rings is 2. The zero-order valence-corrected chi connectivity index (χ0v) is 16.1. The van der Waals surface area contributed by atoms with Crippen LogP contribution in [0.25, 0.3) is 11.4 Å². The molecule has 0 radical (unpaired) electrons. The van der Waals surface area contributed by atoms with Gasteiger partial charge >= 0.3 is 0 Å². The Morgan fingerprint density at radius 2 is 1.81 bits per heavy atom. The first kappa shape index (κ1) is 18.2. The molecule has 3 rings (SSSR count). The number of amides is 1. The Balaban J connectivity index is 1.49. The van der Waals surface area contributed by atoms with Crippen molar-refractivity contribution in [2.75, 3.05) is 13.7 Å². The number of nitrogens with zero attached hydrogens (tertiary/aromatic N) is 2. The van der Waals surface area contributed by atoms with E-state index in [1.165, 1.54) is 0 Å². The summed E-state index contributed by atoms with van der Waals surface area (Å²) in [7, 11) is 1.60. The Morgan fingerprint density at radius 3 is 2.50 bits per heavy atom. The number of rotatable bonds is 7. The molecule has 0 aliphatic heterocycles. The fourth-order valence-electron chi connectivity index (χ4n) is 2.09. The van der Waals surface area contributed by atoms with Crippen LogP contribution in [-0.2, 0) is 11.3 Å². The highest BCUT2D eigenvalue weighted by atomic mass is 127. The summed E-state index contributed by atoms with van der Waals surface area (Å²) in [6.45, 7) is 0.0537. The molecule has 0 aliphatic rings. The molecule has 0 aliphatic carbocycles. The first-order valence-corrected chi connectivity index (χ1v) is 8.84. The highest BCUT2D eigenvalue weighted by Gasteiger charge is 2.10. The number of hydrogen-bond donors (Lipinski definition) is 1. The third kappa shape index (κ3) is 4.94. The lowest BCUT2D eigenvalue weighted by molar-refractivity contribution is -0.123. The van der Waals surface area contributed by atoms with Crippen LogP contribution in [0.4, 0.5) is 0 Å². The number of nitrogens with one attached hydrogen (secondary N) is 1. The molecule has 1 amide bonds. The van der Waals surface area contributed by atoms with Crippen LogP contribution in [0, 0.1) is 3.57 Å². The summed E-state index contributed by atoms with van der Waals surface area (Å²) < 4.78 is 16.8. The molecule has 0 saturated heterocycles. The number of hydrogen-bond acceptors (Lipinski definition) is 6. The second-order valence-corrected chi connectivity index (χ2v) is 6.51. The van der Waals surface area contributed by atoms with Crippen LogP contribution in [0.15, 0.2) is 53.1 Å². The molecule has 0 saturated carbocycles. The first-order chi connectivity index (χ1) is 12.6. The Bertz CT molecular complexity index is 863. The number of carbonyl (C=O) groups excluding carboxylic acids is 1. The lowest BCUT2D eigenvalue weighted by Gasteiger charge is -2.06. The van der Waals surface area contributed by atoms with E-state index in [9.17, 15) is 4.79 Å². The van der Waals surface area contributed by atoms with E-state index in [1.807, 2.05) is 48.5 Å². The van der Waals surface area contributed by atoms with Gasteiger partial charge in [0.15, 0.2) is 6.61 Å². The maximum Gasteiger partial charge on any atom is 0.258 e. The normalized spacial score (nSPS) is 10.4. The van der Waals surface area contributed by atoms with Gasteiger partial charge in [0.2, 0.25) is 11.7 Å². The van der Waals surface area contributed by atoms with Crippen molar-refractivity contribution < 1.29 is 18.8 Å². The summed E-state index contributed by atoms with van der Waals surface area (Å²) in [5.74, 6) is 1.89. The van der Waals surface area contributed by atoms with E-state index in [0.717, 1.165) is 14.9 Å². The zero-order valence-electron chi connectivity index (χ0n) is 13.9. The van der Waals surface area contributed by atoms with E-state index in [4.69, 9.17) is 14.0 Å². The Kier molecular flexibility index (Phi) is 6.05. The van der Waals surface area contributed by atoms with Gasteiger partial charge in [-0.2, -0.15) is 4.98 Å². The van der Waals surface area contributed by atoms with Crippen molar-refractivity contribution in [3.63, 3.8) is 0 Å². The zero-order chi connectivity index (χ0) is 18.4. The topological polar surface area (TPSA) is 86.5 Å². The Hall–Kier alpha value is -2.62. The second kappa shape index (κ2) is 8.65. The number of halogens is 1. The largest absolute Gasteiger partial charge is 0.497 e. The van der Waals surface area contributed by atoms with Crippen molar-refractivity contribution in [1.82, 2.24) is 15.5 Å². The smallest absolute Gasteiger partial charge is 0.258 e. The fourth-order valence-corrected chi connectivity index (χ4v) is 2.45. The van der Waals surface area contributed by atoms with Gasteiger partial charge in [-0.15, -0.1) is 0 Å². The van der Waals surface area contributed by atoms with Gasteiger partial charge in [0, 0.05) is 9.13 Å². The van der Waals surface area contributed by atoms with E-state index < -0.39 is 0 Å². The Labute approximate surface area is 163 Å². The van der Waals surface area contributed by atoms with E-state index in [1.54, 1.807) is 7.11 Å². The van der Waals surface area contributed by atoms with Crippen molar-refractivity contribution in [3.05, 3.63) is 58.0 Å². The third-order valence-corrected chi connectivity index (χ3v) is 4.16. The summed E-state index contributed by atoms with van der Waals surface area (Å²) in [5.41, 5.74) is 0.800. The molecule has 0 unspecified atom stereocenters. The van der Waals surface area contributed by atoms with Gasteiger partial charge in [-0.25, -0.2) is 0 Å². The van der Waals surface area contributed by atoms with Crippen LogP contribution in [0.1, 0.15) is 5.89 Å². The lowest BCUT2D eigenvalue weighted by atomic mass is 10.2. The minimum absolute atomic E-state index is 0.0833. The van der Waals surface area contributed by atoms with E-state index >= 15 is 0 Å². The lowest BCUT2D eigenvalue weighted by Crippen LogP contribution is -2.28. The van der Waals surface area contributed by atoms with Crippen LogP contribution in [0.3, 0.4) is 0 Å². The fraction of sp³-hybridized carbons (Fsp3) is 0.167. The SMILES string of the molecule is COc1ccc(-c2noc(CNC(=O)COc3ccc(I)cc3)n2)cc1. The molecule has 2 aromatic carbocycles. The van der Waals surface area contributed by atoms with Gasteiger partial charge < -0.3 is 19.3 Å². The third-order valence-electron chi connectivity index (χ3n) is 3.44. The monoisotopic (exact) mass is 465 g/mol. The van der Waals surface area contributed by atoms with Crippen molar-refractivity contribution in [3.8, 4) is 22.9 Å². The molecule has 3 aromatic rings. The molecule has 8 heteroatoms. The highest BCUT2D eigenvalue weighted by Crippen LogP contribution is 2.19. The molecule has 0 atom stereocenters. The molecule has 26 heavy (non-hydrogen) atoms. The van der Waals surface area contributed by atoms with Gasteiger partial charge in [0.1, 0.15) is 11.5 Å². The van der Waals surface area contributed by atoms with Crippen molar-refractivity contribution in [2.24, 2.45) is 0 Å². The van der Waals surface area contributed by atoms with Gasteiger partial charge in [-0.05, 0) is 71.1 Å². The second-order valence-electron chi connectivity index (χ2n) is 5.26. The summed E-state index contributed by atoms with van der Waals surface area (Å²) in [4.78, 5) is 16.1. The predicted octanol–water partition coefficient (Wildman–Crippen LogP) is 3.05. The van der Waals surface area contributed by atoms with Crippen LogP contribution >= 0.6 is 22.6 Å². The van der Waals surface area contributed by atoms with Gasteiger partial charge in [0.05, 0.1) is 13.7 Å². The van der Waals surface area contributed by atoms with E-state index in [-0.39, 0.29) is 19.1 Å². The number of methoxy groups -OCH3 is 1. The van der Waals surface area contributed by atoms with Crippen LogP contribution in [0.2, 0.25) is 0 Å². The number of ether oxygens (including phenoxy) is 2. The van der Waals surface area contributed by atoms with Crippen LogP contribution < -0.4 is 14.8 Å². The quantitative estimate of drug-likeness (QED) is 0.540. The minimum atomic E-state index is -0.271. The predicted molar refractivity (Wildman–Crippen MR) is 103 cm³/mol. The molecule has 7 nitrogen and oxygen atoms in total. The molecule has 0 spiro atoms. The highest BCUT2D eigenvalue weighted by molar-refractivity contribution is 14.1. The number of carbonyl (C=O) groups is 1. The van der Waals surface area contributed by atoms with Gasteiger partial charge in [-0.3, -0.25) is 4.79 Å². The molecule has 1 N–H and O–H groups in total. The first-order valence-electron chi connectivity index (χ1n) is 7.76. The summed E-state index contributed by atoms with van der Waals surface area (Å²) >= 11 is 2.20. The summed E-state index contributed by atoms with van der Waals surface area (Å²) in [6.07, 6.45) is 0. The Morgan fingerprint density at radius 1 is 1.12 bits per heavy atom. The average molecular weight is 465 g/mol. The molecule has 134 valence electrons. The molecular formula is C18H16IN3O4. The standard InChI is InChI=1S/C18H16IN3O4/c1-24-14-6-2-12(3-7-14)18-21-17(26-22-18)10-20-16(23)11-25-15-8-4-13(19)5-9-15/h2-9H,10-11H2,1H3,(H,20,23). The summed E-state index contributed by atoms with van der Waals surface area (Å²) in [6, 6.07) is 14.7. The maximum absolute atomic E-state index is 11.9. The molecule has 0 fully saturated rings. The van der Waals surface area contributed by atoms with Crippen molar-refractivity contribution in [2.45, 2.75) is 6.54 Å². The minimum Gasteiger partial charge on any atom is -0.497 e. The van der Waals surface area contributed by atoms with Crippen molar-refractivity contribution in [1.29, 1.82) is 0 Å². The summed E-state index contributed by atoms with van der Waals surface area (Å²) in [5, 5.41) is 6.59. The van der Waals surface area contributed by atoms with E-state index in [2.05, 4.69) is 38.0 Å². The number of aromatic nitrogens is 2. The van der Waals surface area contributed by atoms with Gasteiger partial charge in [0.25, 0.3) is 5.91 Å². The molecular weight excluding hydrogens is 449 g/mol. The van der Waals surface area contributed by atoms with Gasteiger partial charge in [-0.1, -0.05) is 5.16 Å². The van der Waals surface area contributed by atoms with Crippen LogP contribution in [0.5, 0.6) is 11.5 Å². The molecule has 0 bridgehead atoms. The average Bonchev–Trinajstić information content (AvgIpc) is 3.15. The maximum atomic E-state index is 11.9. The van der Waals surface area contributed by atoms with Crippen molar-refractivity contribution >= 4 is 28.5 Å². The van der Waals surface area contributed by atoms with E-state index in [0.29, 0.717) is 17.5 Å². The molecule has 1 aromatic heterocycles. The molecule has 1 heterocycles.